The summed E-state index contributed by atoms with van der Waals surface area (Å²) in [5.41, 5.74) is 4.01. The highest BCUT2D eigenvalue weighted by molar-refractivity contribution is 5.97. The molecule has 0 saturated carbocycles. The van der Waals surface area contributed by atoms with Crippen molar-refractivity contribution in [1.29, 1.82) is 0 Å². The number of furan rings is 1. The van der Waals surface area contributed by atoms with E-state index >= 15 is 0 Å². The fourth-order valence-electron chi connectivity index (χ4n) is 0.776. The van der Waals surface area contributed by atoms with Crippen molar-refractivity contribution in [3.8, 4) is 0 Å². The minimum atomic E-state index is -1.26. The van der Waals surface area contributed by atoms with Gasteiger partial charge in [0.25, 0.3) is 5.91 Å². The monoisotopic (exact) mass is 224 g/mol. The van der Waals surface area contributed by atoms with Gasteiger partial charge >= 0.3 is 11.9 Å². The molecule has 7 heteroatoms. The maximum atomic E-state index is 11.2. The zero-order chi connectivity index (χ0) is 12.0. The van der Waals surface area contributed by atoms with Crippen molar-refractivity contribution >= 4 is 17.8 Å². The van der Waals surface area contributed by atoms with E-state index in [1.165, 1.54) is 18.4 Å². The molecule has 1 aromatic heterocycles. The lowest BCUT2D eigenvalue weighted by Gasteiger charge is -2.01. The molecule has 0 unspecified atom stereocenters. The van der Waals surface area contributed by atoms with Crippen LogP contribution in [-0.2, 0) is 9.59 Å². The van der Waals surface area contributed by atoms with Gasteiger partial charge in [0.05, 0.1) is 6.26 Å². The molecule has 3 N–H and O–H groups in total. The Labute approximate surface area is 89.7 Å². The topological polar surface area (TPSA) is 109 Å². The van der Waals surface area contributed by atoms with Gasteiger partial charge in [0.1, 0.15) is 0 Å². The summed E-state index contributed by atoms with van der Waals surface area (Å²) in [6.45, 7) is 0. The molecule has 7 nitrogen and oxygen atoms in total. The number of hydrogen-bond donors (Lipinski definition) is 3. The Bertz CT molecular complexity index is 421. The van der Waals surface area contributed by atoms with Gasteiger partial charge in [-0.25, -0.2) is 4.79 Å². The molecule has 0 fully saturated rings. The molecule has 0 aromatic carbocycles. The predicted octanol–water partition coefficient (Wildman–Crippen LogP) is -0.319. The van der Waals surface area contributed by atoms with Gasteiger partial charge in [-0.05, 0) is 12.1 Å². The molecular weight excluding hydrogens is 216 g/mol. The number of carboxylic acid groups (broad SMARTS) is 1. The zero-order valence-corrected chi connectivity index (χ0v) is 7.97. The molecule has 0 saturated heterocycles. The van der Waals surface area contributed by atoms with E-state index in [9.17, 15) is 14.4 Å². The van der Waals surface area contributed by atoms with Gasteiger partial charge in [-0.2, -0.15) is 0 Å². The first kappa shape index (κ1) is 11.5. The Morgan fingerprint density at radius 2 is 2.00 bits per heavy atom. The quantitative estimate of drug-likeness (QED) is 0.481. The summed E-state index contributed by atoms with van der Waals surface area (Å²) in [6, 6.07) is 2.93. The van der Waals surface area contributed by atoms with Gasteiger partial charge in [0, 0.05) is 12.2 Å². The first-order chi connectivity index (χ1) is 7.59. The number of hydrogen-bond acceptors (Lipinski definition) is 4. The van der Waals surface area contributed by atoms with Gasteiger partial charge in [0.15, 0.2) is 5.76 Å². The van der Waals surface area contributed by atoms with E-state index in [0.717, 1.165) is 6.08 Å². The molecule has 0 spiro atoms. The SMILES string of the molecule is O=C(O)/C=C/C(=O)NNC(=O)c1ccco1. The summed E-state index contributed by atoms with van der Waals surface area (Å²) in [5.74, 6) is -2.63. The van der Waals surface area contributed by atoms with E-state index in [1.54, 1.807) is 0 Å². The molecule has 0 radical (unpaired) electrons. The number of carbonyl (C=O) groups excluding carboxylic acids is 2. The highest BCUT2D eigenvalue weighted by Gasteiger charge is 2.07. The Balaban J connectivity index is 2.38. The van der Waals surface area contributed by atoms with Gasteiger partial charge in [-0.1, -0.05) is 0 Å². The minimum absolute atomic E-state index is 0.0301. The normalized spacial score (nSPS) is 10.0. The molecule has 0 atom stereocenters. The van der Waals surface area contributed by atoms with Crippen LogP contribution >= 0.6 is 0 Å². The molecule has 0 aliphatic carbocycles. The molecule has 16 heavy (non-hydrogen) atoms. The molecule has 0 aliphatic rings. The number of nitrogens with one attached hydrogen (secondary N) is 2. The average Bonchev–Trinajstić information content (AvgIpc) is 2.76. The second-order valence-corrected chi connectivity index (χ2v) is 2.59. The van der Waals surface area contributed by atoms with Crippen LogP contribution in [0.4, 0.5) is 0 Å². The minimum Gasteiger partial charge on any atom is -0.478 e. The van der Waals surface area contributed by atoms with Crippen LogP contribution in [-0.4, -0.2) is 22.9 Å². The third-order valence-corrected chi connectivity index (χ3v) is 1.42. The van der Waals surface area contributed by atoms with Crippen molar-refractivity contribution in [2.24, 2.45) is 0 Å². The standard InChI is InChI=1S/C9H8N2O5/c12-7(3-4-8(13)14)10-11-9(15)6-2-1-5-16-6/h1-5H,(H,10,12)(H,11,15)(H,13,14)/b4-3+. The van der Waals surface area contributed by atoms with Gasteiger partial charge in [-0.3, -0.25) is 20.4 Å². The number of amides is 2. The maximum absolute atomic E-state index is 11.2. The highest BCUT2D eigenvalue weighted by Crippen LogP contribution is 1.97. The summed E-state index contributed by atoms with van der Waals surface area (Å²) >= 11 is 0. The van der Waals surface area contributed by atoms with E-state index in [4.69, 9.17) is 9.52 Å². The van der Waals surface area contributed by atoms with E-state index in [0.29, 0.717) is 6.08 Å². The molecular formula is C9H8N2O5. The fourth-order valence-corrected chi connectivity index (χ4v) is 0.776. The van der Waals surface area contributed by atoms with Crippen molar-refractivity contribution in [1.82, 2.24) is 10.9 Å². The lowest BCUT2D eigenvalue weighted by molar-refractivity contribution is -0.131. The van der Waals surface area contributed by atoms with Gasteiger partial charge < -0.3 is 9.52 Å². The number of hydrazine groups is 1. The molecule has 84 valence electrons. The van der Waals surface area contributed by atoms with Crippen molar-refractivity contribution < 1.29 is 23.9 Å². The first-order valence-electron chi connectivity index (χ1n) is 4.14. The van der Waals surface area contributed by atoms with Crippen LogP contribution in [0.15, 0.2) is 35.0 Å². The van der Waals surface area contributed by atoms with Crippen LogP contribution < -0.4 is 10.9 Å². The summed E-state index contributed by atoms with van der Waals surface area (Å²) in [6.07, 6.45) is 2.72. The fraction of sp³-hybridized carbons (Fsp3) is 0. The van der Waals surface area contributed by atoms with Crippen LogP contribution in [0.3, 0.4) is 0 Å². The summed E-state index contributed by atoms with van der Waals surface area (Å²) in [5, 5.41) is 8.22. The molecule has 0 bridgehead atoms. The maximum Gasteiger partial charge on any atom is 0.328 e. The van der Waals surface area contributed by atoms with E-state index in [-0.39, 0.29) is 5.76 Å². The van der Waals surface area contributed by atoms with Crippen LogP contribution in [0, 0.1) is 0 Å². The Hall–Kier alpha value is -2.57. The smallest absolute Gasteiger partial charge is 0.328 e. The second-order valence-electron chi connectivity index (χ2n) is 2.59. The lowest BCUT2D eigenvalue weighted by atomic mass is 10.4. The molecule has 2 amide bonds. The largest absolute Gasteiger partial charge is 0.478 e. The molecule has 1 rings (SSSR count). The third kappa shape index (κ3) is 3.66. The molecule has 1 heterocycles. The highest BCUT2D eigenvalue weighted by atomic mass is 16.4. The Morgan fingerprint density at radius 1 is 1.25 bits per heavy atom. The summed E-state index contributed by atoms with van der Waals surface area (Å²) < 4.78 is 4.75. The van der Waals surface area contributed by atoms with E-state index < -0.39 is 17.8 Å². The molecule has 1 aromatic rings. The van der Waals surface area contributed by atoms with Crippen molar-refractivity contribution in [3.05, 3.63) is 36.3 Å². The van der Waals surface area contributed by atoms with E-state index in [2.05, 4.69) is 0 Å². The first-order valence-corrected chi connectivity index (χ1v) is 4.14. The van der Waals surface area contributed by atoms with Crippen molar-refractivity contribution in [2.75, 3.05) is 0 Å². The van der Waals surface area contributed by atoms with E-state index in [1.807, 2.05) is 10.9 Å². The van der Waals surface area contributed by atoms with Gasteiger partial charge in [-0.15, -0.1) is 0 Å². The Morgan fingerprint density at radius 3 is 2.56 bits per heavy atom. The second kappa shape index (κ2) is 5.35. The molecule has 0 aliphatic heterocycles. The summed E-state index contributed by atoms with van der Waals surface area (Å²) in [4.78, 5) is 32.2. The Kier molecular flexibility index (Phi) is 3.84. The number of carbonyl (C=O) groups is 3. The lowest BCUT2D eigenvalue weighted by Crippen LogP contribution is -2.40. The summed E-state index contributed by atoms with van der Waals surface area (Å²) in [7, 11) is 0. The number of aliphatic carboxylic acids is 1. The number of carboxylic acids is 1. The van der Waals surface area contributed by atoms with Crippen molar-refractivity contribution in [2.45, 2.75) is 0 Å². The number of rotatable bonds is 3. The van der Waals surface area contributed by atoms with Crippen LogP contribution in [0.25, 0.3) is 0 Å². The van der Waals surface area contributed by atoms with Crippen LogP contribution in [0.1, 0.15) is 10.6 Å². The van der Waals surface area contributed by atoms with Crippen molar-refractivity contribution in [3.63, 3.8) is 0 Å². The zero-order valence-electron chi connectivity index (χ0n) is 7.97. The predicted molar refractivity (Wildman–Crippen MR) is 51.1 cm³/mol. The van der Waals surface area contributed by atoms with Crippen LogP contribution in [0.2, 0.25) is 0 Å². The van der Waals surface area contributed by atoms with Crippen LogP contribution in [0.5, 0.6) is 0 Å². The van der Waals surface area contributed by atoms with Gasteiger partial charge in [0.2, 0.25) is 0 Å². The average molecular weight is 224 g/mol. The third-order valence-electron chi connectivity index (χ3n) is 1.42.